The molecule has 5 aliphatic rings. The van der Waals surface area contributed by atoms with Gasteiger partial charge in [0, 0.05) is 18.6 Å². The van der Waals surface area contributed by atoms with Crippen molar-refractivity contribution >= 4 is 5.97 Å². The molecule has 2 aliphatic heterocycles. The van der Waals surface area contributed by atoms with Crippen LogP contribution in [0.3, 0.4) is 0 Å². The largest absolute Gasteiger partial charge is 0.459 e. The predicted molar refractivity (Wildman–Crippen MR) is 113 cm³/mol. The highest BCUT2D eigenvalue weighted by Gasteiger charge is 2.53. The van der Waals surface area contributed by atoms with E-state index in [-0.39, 0.29) is 23.9 Å². The first kappa shape index (κ1) is 20.3. The van der Waals surface area contributed by atoms with Crippen LogP contribution in [0.25, 0.3) is 0 Å². The third kappa shape index (κ3) is 4.01. The molecule has 0 unspecified atom stereocenters. The minimum absolute atomic E-state index is 0.00120. The van der Waals surface area contributed by atoms with Crippen molar-refractivity contribution in [3.05, 3.63) is 0 Å². The molecule has 3 atom stereocenters. The molecule has 2 saturated heterocycles. The summed E-state index contributed by atoms with van der Waals surface area (Å²) in [5.41, 5.74) is -1.24. The second kappa shape index (κ2) is 8.49. The number of ether oxygens (including phenoxy) is 1. The van der Waals surface area contributed by atoms with E-state index in [4.69, 9.17) is 4.74 Å². The fourth-order valence-electron chi connectivity index (χ4n) is 7.23. The van der Waals surface area contributed by atoms with Crippen LogP contribution in [-0.2, 0) is 9.53 Å². The molecule has 3 saturated carbocycles. The SMILES string of the molecule is O=C(O[C@@H]1CC[C@H]2CC[C@H]1N2CC1CC1)C(O)(C1CCCCC1)C1CCCCC1. The number of hydrogen-bond acceptors (Lipinski definition) is 4. The number of rotatable bonds is 6. The second-order valence-electron chi connectivity index (χ2n) is 11.0. The molecule has 0 radical (unpaired) electrons. The summed E-state index contributed by atoms with van der Waals surface area (Å²) in [6, 6.07) is 1.12. The zero-order chi connectivity index (χ0) is 19.8. The Hall–Kier alpha value is -0.610. The second-order valence-corrected chi connectivity index (χ2v) is 11.0. The molecule has 29 heavy (non-hydrogen) atoms. The molecule has 2 heterocycles. The zero-order valence-corrected chi connectivity index (χ0v) is 18.2. The summed E-state index contributed by atoms with van der Waals surface area (Å²) >= 11 is 0. The average molecular weight is 404 g/mol. The Labute approximate surface area is 176 Å². The van der Waals surface area contributed by atoms with Gasteiger partial charge in [-0.1, -0.05) is 38.5 Å². The van der Waals surface area contributed by atoms with Crippen molar-refractivity contribution in [2.45, 2.75) is 127 Å². The molecule has 5 fully saturated rings. The average Bonchev–Trinajstić information content (AvgIpc) is 3.53. The van der Waals surface area contributed by atoms with E-state index in [1.165, 1.54) is 45.1 Å². The molecule has 3 aliphatic carbocycles. The summed E-state index contributed by atoms with van der Waals surface area (Å²) in [4.78, 5) is 16.3. The van der Waals surface area contributed by atoms with Gasteiger partial charge in [0.05, 0.1) is 0 Å². The van der Waals surface area contributed by atoms with Crippen LogP contribution in [0.15, 0.2) is 0 Å². The highest BCUT2D eigenvalue weighted by atomic mass is 16.6. The van der Waals surface area contributed by atoms with Gasteiger partial charge in [0.1, 0.15) is 6.10 Å². The van der Waals surface area contributed by atoms with Gasteiger partial charge in [-0.05, 0) is 82.0 Å². The smallest absolute Gasteiger partial charge is 0.339 e. The summed E-state index contributed by atoms with van der Waals surface area (Å²) in [5.74, 6) is 0.843. The van der Waals surface area contributed by atoms with Crippen LogP contribution in [0.5, 0.6) is 0 Å². The molecule has 5 rings (SSSR count). The minimum atomic E-state index is -1.24. The number of nitrogens with zero attached hydrogens (tertiary/aromatic N) is 1. The first-order valence-corrected chi connectivity index (χ1v) is 12.9. The molecule has 0 spiro atoms. The first-order valence-electron chi connectivity index (χ1n) is 12.9. The maximum Gasteiger partial charge on any atom is 0.339 e. The number of fused-ring (bicyclic) bond motifs is 2. The van der Waals surface area contributed by atoms with E-state index >= 15 is 0 Å². The summed E-state index contributed by atoms with van der Waals surface area (Å²) < 4.78 is 6.29. The number of piperidine rings is 1. The van der Waals surface area contributed by atoms with E-state index < -0.39 is 5.60 Å². The molecule has 4 heteroatoms. The van der Waals surface area contributed by atoms with Crippen molar-refractivity contribution in [2.24, 2.45) is 17.8 Å². The Balaban J connectivity index is 1.31. The Morgan fingerprint density at radius 2 is 1.38 bits per heavy atom. The fourth-order valence-corrected chi connectivity index (χ4v) is 7.23. The number of carbonyl (C=O) groups excluding carboxylic acids is 1. The van der Waals surface area contributed by atoms with Crippen molar-refractivity contribution in [3.63, 3.8) is 0 Å². The Morgan fingerprint density at radius 1 is 0.793 bits per heavy atom. The molecule has 0 aromatic carbocycles. The molecular weight excluding hydrogens is 362 g/mol. The van der Waals surface area contributed by atoms with E-state index in [2.05, 4.69) is 4.90 Å². The minimum Gasteiger partial charge on any atom is -0.459 e. The summed E-state index contributed by atoms with van der Waals surface area (Å²) in [6.45, 7) is 1.21. The van der Waals surface area contributed by atoms with Crippen LogP contribution in [0.2, 0.25) is 0 Å². The normalized spacial score (nSPS) is 35.0. The van der Waals surface area contributed by atoms with Gasteiger partial charge in [0.2, 0.25) is 0 Å². The van der Waals surface area contributed by atoms with Crippen LogP contribution < -0.4 is 0 Å². The third-order valence-electron chi connectivity index (χ3n) is 9.11. The summed E-state index contributed by atoms with van der Waals surface area (Å²) in [6.07, 6.45) is 18.4. The van der Waals surface area contributed by atoms with Gasteiger partial charge >= 0.3 is 5.97 Å². The van der Waals surface area contributed by atoms with E-state index in [0.717, 1.165) is 70.1 Å². The van der Waals surface area contributed by atoms with Crippen molar-refractivity contribution in [2.75, 3.05) is 6.54 Å². The van der Waals surface area contributed by atoms with Crippen molar-refractivity contribution < 1.29 is 14.6 Å². The summed E-state index contributed by atoms with van der Waals surface area (Å²) in [7, 11) is 0. The molecule has 1 N–H and O–H groups in total. The van der Waals surface area contributed by atoms with Crippen molar-refractivity contribution in [1.29, 1.82) is 0 Å². The maximum absolute atomic E-state index is 13.7. The van der Waals surface area contributed by atoms with Crippen molar-refractivity contribution in [1.82, 2.24) is 4.90 Å². The standard InChI is InChI=1S/C25H41NO3/c27-24(25(28,19-7-3-1-4-8-19)20-9-5-2-6-10-20)29-23-16-14-21-13-15-22(23)26(21)17-18-11-12-18/h18-23,28H,1-17H2/t21-,22-,23-/m1/s1. The lowest BCUT2D eigenvalue weighted by molar-refractivity contribution is -0.195. The molecule has 0 aromatic heterocycles. The molecule has 164 valence electrons. The van der Waals surface area contributed by atoms with Gasteiger partial charge in [-0.25, -0.2) is 4.79 Å². The van der Waals surface area contributed by atoms with Crippen LogP contribution in [0.1, 0.15) is 103 Å². The van der Waals surface area contributed by atoms with Crippen LogP contribution in [-0.4, -0.2) is 46.3 Å². The number of carbonyl (C=O) groups is 1. The van der Waals surface area contributed by atoms with Crippen LogP contribution in [0, 0.1) is 17.8 Å². The lowest BCUT2D eigenvalue weighted by atomic mass is 9.66. The predicted octanol–water partition coefficient (Wildman–Crippen LogP) is 4.83. The van der Waals surface area contributed by atoms with E-state index in [1.54, 1.807) is 0 Å². The molecule has 0 amide bonds. The lowest BCUT2D eigenvalue weighted by Gasteiger charge is -2.45. The van der Waals surface area contributed by atoms with Crippen LogP contribution in [0.4, 0.5) is 0 Å². The van der Waals surface area contributed by atoms with Gasteiger partial charge in [-0.2, -0.15) is 0 Å². The van der Waals surface area contributed by atoms with Gasteiger partial charge in [-0.3, -0.25) is 4.90 Å². The summed E-state index contributed by atoms with van der Waals surface area (Å²) in [5, 5.41) is 12.0. The number of hydrogen-bond donors (Lipinski definition) is 1. The molecule has 0 aromatic rings. The van der Waals surface area contributed by atoms with Crippen LogP contribution >= 0.6 is 0 Å². The third-order valence-corrected chi connectivity index (χ3v) is 9.11. The van der Waals surface area contributed by atoms with Gasteiger partial charge < -0.3 is 9.84 Å². The first-order chi connectivity index (χ1) is 14.2. The molecule has 2 bridgehead atoms. The van der Waals surface area contributed by atoms with Crippen molar-refractivity contribution in [3.8, 4) is 0 Å². The van der Waals surface area contributed by atoms with E-state index in [9.17, 15) is 9.90 Å². The lowest BCUT2D eigenvalue weighted by Crippen LogP contribution is -2.57. The van der Waals surface area contributed by atoms with Gasteiger partial charge in [0.15, 0.2) is 5.60 Å². The number of aliphatic hydroxyl groups is 1. The fraction of sp³-hybridized carbons (Fsp3) is 0.960. The molecule has 4 nitrogen and oxygen atoms in total. The quantitative estimate of drug-likeness (QED) is 0.646. The highest BCUT2D eigenvalue weighted by molar-refractivity contribution is 5.80. The highest BCUT2D eigenvalue weighted by Crippen LogP contribution is 2.45. The number of esters is 1. The topological polar surface area (TPSA) is 49.8 Å². The Bertz CT molecular complexity index is 559. The zero-order valence-electron chi connectivity index (χ0n) is 18.2. The molecular formula is C25H41NO3. The van der Waals surface area contributed by atoms with E-state index in [0.29, 0.717) is 12.1 Å². The van der Waals surface area contributed by atoms with E-state index in [1.807, 2.05) is 0 Å². The van der Waals surface area contributed by atoms with Gasteiger partial charge in [-0.15, -0.1) is 0 Å². The Kier molecular flexibility index (Phi) is 5.95. The Morgan fingerprint density at radius 3 is 1.97 bits per heavy atom. The van der Waals surface area contributed by atoms with Gasteiger partial charge in [0.25, 0.3) is 0 Å². The maximum atomic E-state index is 13.7. The monoisotopic (exact) mass is 403 g/mol.